The van der Waals surface area contributed by atoms with Crippen LogP contribution in [0.1, 0.15) is 12.5 Å². The predicted octanol–water partition coefficient (Wildman–Crippen LogP) is 4.12. The van der Waals surface area contributed by atoms with Gasteiger partial charge in [0.2, 0.25) is 0 Å². The average Bonchev–Trinajstić information content (AvgIpc) is 3.54. The summed E-state index contributed by atoms with van der Waals surface area (Å²) in [7, 11) is -2.06. The minimum Gasteiger partial charge on any atom is -0.359 e. The zero-order valence-electron chi connectivity index (χ0n) is 17.6. The first-order chi connectivity index (χ1) is 15.4. The highest BCUT2D eigenvalue weighted by atomic mass is 32.2. The molecule has 0 bridgehead atoms. The van der Waals surface area contributed by atoms with Crippen molar-refractivity contribution in [3.05, 3.63) is 79.1 Å². The molecule has 162 valence electrons. The number of rotatable bonds is 6. The topological polar surface area (TPSA) is 97.6 Å². The van der Waals surface area contributed by atoms with Gasteiger partial charge in [-0.15, -0.1) is 0 Å². The van der Waals surface area contributed by atoms with E-state index in [2.05, 4.69) is 51.0 Å². The van der Waals surface area contributed by atoms with Gasteiger partial charge >= 0.3 is 0 Å². The maximum atomic E-state index is 12.7. The Balaban J connectivity index is 1.47. The number of benzene rings is 2. The average molecular weight is 447 g/mol. The van der Waals surface area contributed by atoms with Gasteiger partial charge < -0.3 is 9.55 Å². The Morgan fingerprint density at radius 2 is 1.88 bits per heavy atom. The molecule has 3 heterocycles. The number of H-pyrrole nitrogens is 1. The molecule has 2 N–H and O–H groups in total. The van der Waals surface area contributed by atoms with Crippen LogP contribution in [0.25, 0.3) is 27.7 Å². The first kappa shape index (κ1) is 20.1. The second-order valence-corrected chi connectivity index (χ2v) is 9.27. The summed E-state index contributed by atoms with van der Waals surface area (Å²) in [6.07, 6.45) is 9.33. The molecule has 32 heavy (non-hydrogen) atoms. The summed E-state index contributed by atoms with van der Waals surface area (Å²) in [6.45, 7) is 2.13. The smallest absolute Gasteiger partial charge is 0.281 e. The van der Waals surface area contributed by atoms with Crippen LogP contribution in [-0.2, 0) is 23.5 Å². The van der Waals surface area contributed by atoms with Crippen LogP contribution in [-0.4, -0.2) is 32.7 Å². The van der Waals surface area contributed by atoms with E-state index in [0.29, 0.717) is 5.69 Å². The van der Waals surface area contributed by atoms with Crippen LogP contribution in [0.4, 0.5) is 5.69 Å². The molecule has 8 nitrogen and oxygen atoms in total. The van der Waals surface area contributed by atoms with E-state index < -0.39 is 10.0 Å². The third-order valence-electron chi connectivity index (χ3n) is 5.41. The van der Waals surface area contributed by atoms with Gasteiger partial charge in [0.05, 0.1) is 23.9 Å². The first-order valence-electron chi connectivity index (χ1n) is 10.2. The standard InChI is InChI=1S/C23H22N6O2S/c1-3-16-4-7-19(8-5-16)29-13-18(11-26-29)17-6-9-21-20(10-17)22(12-24-21)27-32(30,31)23-14-28(2)15-25-23/h4-15,24,27H,3H2,1-2H3. The van der Waals surface area contributed by atoms with E-state index in [1.807, 2.05) is 29.1 Å². The molecule has 3 aromatic heterocycles. The van der Waals surface area contributed by atoms with Gasteiger partial charge in [0.15, 0.2) is 5.03 Å². The molecule has 0 radical (unpaired) electrons. The van der Waals surface area contributed by atoms with Crippen LogP contribution < -0.4 is 4.72 Å². The van der Waals surface area contributed by atoms with E-state index in [4.69, 9.17) is 0 Å². The number of anilines is 1. The molecular formula is C23H22N6O2S. The van der Waals surface area contributed by atoms with Crippen LogP contribution >= 0.6 is 0 Å². The third-order valence-corrected chi connectivity index (χ3v) is 6.66. The molecule has 2 aromatic carbocycles. The van der Waals surface area contributed by atoms with Crippen molar-refractivity contribution in [2.24, 2.45) is 7.05 Å². The molecular weight excluding hydrogens is 424 g/mol. The van der Waals surface area contributed by atoms with Gasteiger partial charge in [0.1, 0.15) is 0 Å². The zero-order valence-corrected chi connectivity index (χ0v) is 18.5. The lowest BCUT2D eigenvalue weighted by Crippen LogP contribution is -2.13. The second-order valence-electron chi connectivity index (χ2n) is 7.64. The van der Waals surface area contributed by atoms with Gasteiger partial charge in [0.25, 0.3) is 10.0 Å². The number of aromatic nitrogens is 5. The van der Waals surface area contributed by atoms with Crippen molar-refractivity contribution in [3.63, 3.8) is 0 Å². The highest BCUT2D eigenvalue weighted by molar-refractivity contribution is 7.92. The highest BCUT2D eigenvalue weighted by Gasteiger charge is 2.19. The van der Waals surface area contributed by atoms with Crippen LogP contribution in [0.3, 0.4) is 0 Å². The van der Waals surface area contributed by atoms with E-state index in [-0.39, 0.29) is 5.03 Å². The maximum absolute atomic E-state index is 12.7. The second kappa shape index (κ2) is 7.69. The Bertz CT molecular complexity index is 1510. The fourth-order valence-electron chi connectivity index (χ4n) is 3.61. The molecule has 0 aliphatic carbocycles. The van der Waals surface area contributed by atoms with Gasteiger partial charge in [-0.3, -0.25) is 4.72 Å². The number of sulfonamides is 1. The van der Waals surface area contributed by atoms with E-state index in [1.165, 1.54) is 18.1 Å². The highest BCUT2D eigenvalue weighted by Crippen LogP contribution is 2.30. The molecule has 5 rings (SSSR count). The number of nitrogens with one attached hydrogen (secondary N) is 2. The fourth-order valence-corrected chi connectivity index (χ4v) is 4.66. The number of hydrogen-bond donors (Lipinski definition) is 2. The fraction of sp³-hybridized carbons (Fsp3) is 0.130. The lowest BCUT2D eigenvalue weighted by atomic mass is 10.1. The van der Waals surface area contributed by atoms with Crippen LogP contribution in [0, 0.1) is 0 Å². The monoisotopic (exact) mass is 446 g/mol. The normalized spacial score (nSPS) is 11.8. The van der Waals surface area contributed by atoms with Crippen molar-refractivity contribution in [1.29, 1.82) is 0 Å². The molecule has 0 spiro atoms. The Morgan fingerprint density at radius 3 is 2.59 bits per heavy atom. The summed E-state index contributed by atoms with van der Waals surface area (Å²) >= 11 is 0. The first-order valence-corrected chi connectivity index (χ1v) is 11.7. The van der Waals surface area contributed by atoms with Crippen LogP contribution in [0.15, 0.2) is 78.6 Å². The van der Waals surface area contributed by atoms with Gasteiger partial charge in [-0.25, -0.2) is 9.67 Å². The largest absolute Gasteiger partial charge is 0.359 e. The summed E-state index contributed by atoms with van der Waals surface area (Å²) in [5.41, 5.74) is 5.43. The van der Waals surface area contributed by atoms with E-state index in [1.54, 1.807) is 24.0 Å². The number of aryl methyl sites for hydroxylation is 2. The van der Waals surface area contributed by atoms with Crippen molar-refractivity contribution in [2.75, 3.05) is 4.72 Å². The number of imidazole rings is 1. The quantitative estimate of drug-likeness (QED) is 0.410. The lowest BCUT2D eigenvalue weighted by molar-refractivity contribution is 0.598. The summed E-state index contributed by atoms with van der Waals surface area (Å²) in [4.78, 5) is 7.06. The van der Waals surface area contributed by atoms with Crippen molar-refractivity contribution < 1.29 is 8.42 Å². The van der Waals surface area contributed by atoms with Gasteiger partial charge in [0, 0.05) is 42.1 Å². The van der Waals surface area contributed by atoms with Crippen molar-refractivity contribution in [1.82, 2.24) is 24.3 Å². The van der Waals surface area contributed by atoms with Gasteiger partial charge in [-0.1, -0.05) is 25.1 Å². The van der Waals surface area contributed by atoms with Crippen LogP contribution in [0.2, 0.25) is 0 Å². The number of hydrogen-bond acceptors (Lipinski definition) is 4. The number of aromatic amines is 1. The molecule has 0 saturated carbocycles. The molecule has 0 saturated heterocycles. The Hall–Kier alpha value is -3.85. The predicted molar refractivity (Wildman–Crippen MR) is 124 cm³/mol. The minimum atomic E-state index is -3.79. The summed E-state index contributed by atoms with van der Waals surface area (Å²) in [5, 5.41) is 5.24. The SMILES string of the molecule is CCc1ccc(-n2cc(-c3ccc4[nH]cc(NS(=O)(=O)c5cn(C)cn5)c4c3)cn2)cc1. The van der Waals surface area contributed by atoms with Crippen LogP contribution in [0.5, 0.6) is 0 Å². The molecule has 0 unspecified atom stereocenters. The summed E-state index contributed by atoms with van der Waals surface area (Å²) < 4.78 is 31.5. The Kier molecular flexibility index (Phi) is 4.82. The minimum absolute atomic E-state index is 0.0270. The Labute approximate surface area is 185 Å². The van der Waals surface area contributed by atoms with E-state index in [9.17, 15) is 8.42 Å². The maximum Gasteiger partial charge on any atom is 0.281 e. The zero-order chi connectivity index (χ0) is 22.3. The number of nitrogens with zero attached hydrogens (tertiary/aromatic N) is 4. The molecule has 9 heteroatoms. The lowest BCUT2D eigenvalue weighted by Gasteiger charge is -2.05. The van der Waals surface area contributed by atoms with Crippen molar-refractivity contribution >= 4 is 26.6 Å². The molecule has 0 fully saturated rings. The number of fused-ring (bicyclic) bond motifs is 1. The molecule has 0 amide bonds. The third kappa shape index (κ3) is 3.67. The molecule has 5 aromatic rings. The molecule has 0 atom stereocenters. The van der Waals surface area contributed by atoms with E-state index >= 15 is 0 Å². The van der Waals surface area contributed by atoms with Crippen molar-refractivity contribution in [3.8, 4) is 16.8 Å². The van der Waals surface area contributed by atoms with Gasteiger partial charge in [-0.05, 0) is 41.8 Å². The molecule has 0 aliphatic rings. The van der Waals surface area contributed by atoms with Gasteiger partial charge in [-0.2, -0.15) is 13.5 Å². The molecule has 0 aliphatic heterocycles. The summed E-state index contributed by atoms with van der Waals surface area (Å²) in [5.74, 6) is 0. The van der Waals surface area contributed by atoms with Crippen molar-refractivity contribution in [2.45, 2.75) is 18.4 Å². The van der Waals surface area contributed by atoms with E-state index in [0.717, 1.165) is 34.1 Å². The summed E-state index contributed by atoms with van der Waals surface area (Å²) in [6, 6.07) is 14.2. The Morgan fingerprint density at radius 1 is 1.06 bits per heavy atom.